The second-order valence-corrected chi connectivity index (χ2v) is 6.73. The van der Waals surface area contributed by atoms with E-state index >= 15 is 0 Å². The van der Waals surface area contributed by atoms with Crippen molar-refractivity contribution in [3.05, 3.63) is 11.9 Å². The van der Waals surface area contributed by atoms with Gasteiger partial charge >= 0.3 is 0 Å². The van der Waals surface area contributed by atoms with Gasteiger partial charge in [0.1, 0.15) is 5.69 Å². The number of alkyl halides is 2. The fourth-order valence-electron chi connectivity index (χ4n) is 3.51. The molecule has 128 valence electrons. The van der Waals surface area contributed by atoms with Crippen LogP contribution >= 0.6 is 0 Å². The maximum atomic E-state index is 14.0. The Kier molecular flexibility index (Phi) is 4.35. The largest absolute Gasteiger partial charge is 0.336 e. The lowest BCUT2D eigenvalue weighted by atomic mass is 9.87. The highest BCUT2D eigenvalue weighted by Gasteiger charge is 2.48. The number of amides is 1. The molecule has 6 nitrogen and oxygen atoms in total. The first-order chi connectivity index (χ1) is 10.9. The van der Waals surface area contributed by atoms with Gasteiger partial charge in [0.25, 0.3) is 11.8 Å². The van der Waals surface area contributed by atoms with Gasteiger partial charge in [-0.15, -0.1) is 5.10 Å². The van der Waals surface area contributed by atoms with Gasteiger partial charge < -0.3 is 10.2 Å². The Hall–Kier alpha value is -1.57. The highest BCUT2D eigenvalue weighted by molar-refractivity contribution is 5.92. The lowest BCUT2D eigenvalue weighted by Gasteiger charge is -2.41. The minimum absolute atomic E-state index is 0.0631. The van der Waals surface area contributed by atoms with Crippen LogP contribution in [0.1, 0.15) is 43.2 Å². The van der Waals surface area contributed by atoms with E-state index in [-0.39, 0.29) is 25.0 Å². The number of rotatable bonds is 2. The van der Waals surface area contributed by atoms with E-state index in [0.717, 1.165) is 25.9 Å². The molecule has 1 N–H and O–H groups in total. The first-order valence-corrected chi connectivity index (χ1v) is 8.19. The lowest BCUT2D eigenvalue weighted by Crippen LogP contribution is -2.53. The minimum Gasteiger partial charge on any atom is -0.336 e. The Morgan fingerprint density at radius 3 is 2.48 bits per heavy atom. The molecule has 2 fully saturated rings. The van der Waals surface area contributed by atoms with Crippen molar-refractivity contribution in [3.8, 4) is 0 Å². The average Bonchev–Trinajstić information content (AvgIpc) is 3.02. The molecule has 0 saturated carbocycles. The molecule has 8 heteroatoms. The zero-order chi connectivity index (χ0) is 16.6. The van der Waals surface area contributed by atoms with Gasteiger partial charge in [-0.3, -0.25) is 4.79 Å². The number of carbonyl (C=O) groups excluding carboxylic acids is 1. The van der Waals surface area contributed by atoms with Crippen LogP contribution in [0.25, 0.3) is 0 Å². The maximum Gasteiger partial charge on any atom is 0.273 e. The topological polar surface area (TPSA) is 63.1 Å². The van der Waals surface area contributed by atoms with Crippen LogP contribution in [0.2, 0.25) is 0 Å². The van der Waals surface area contributed by atoms with Gasteiger partial charge in [-0.25, -0.2) is 13.5 Å². The molecule has 0 radical (unpaired) electrons. The predicted molar refractivity (Wildman–Crippen MR) is 80.3 cm³/mol. The molecule has 1 amide bonds. The molecule has 1 aromatic heterocycles. The zero-order valence-electron chi connectivity index (χ0n) is 13.5. The summed E-state index contributed by atoms with van der Waals surface area (Å²) in [5.41, 5.74) is 0.404. The highest BCUT2D eigenvalue weighted by atomic mass is 19.3. The van der Waals surface area contributed by atoms with E-state index in [1.54, 1.807) is 4.68 Å². The van der Waals surface area contributed by atoms with Crippen molar-refractivity contribution in [2.24, 2.45) is 11.8 Å². The molecule has 23 heavy (non-hydrogen) atoms. The third kappa shape index (κ3) is 2.96. The number of nitrogens with one attached hydrogen (secondary N) is 1. The van der Waals surface area contributed by atoms with Crippen LogP contribution in [0.3, 0.4) is 0 Å². The molecule has 3 rings (SSSR count). The van der Waals surface area contributed by atoms with E-state index in [0.29, 0.717) is 5.69 Å². The van der Waals surface area contributed by atoms with Crippen molar-refractivity contribution in [1.29, 1.82) is 0 Å². The second-order valence-electron chi connectivity index (χ2n) is 6.73. The summed E-state index contributed by atoms with van der Waals surface area (Å²) in [6.45, 7) is 4.88. The number of piperidine rings is 2. The van der Waals surface area contributed by atoms with Crippen LogP contribution in [-0.4, -0.2) is 57.9 Å². The molecule has 0 bridgehead atoms. The molecule has 0 aliphatic carbocycles. The van der Waals surface area contributed by atoms with Crippen molar-refractivity contribution in [1.82, 2.24) is 25.2 Å². The van der Waals surface area contributed by atoms with Crippen molar-refractivity contribution >= 4 is 5.91 Å². The van der Waals surface area contributed by atoms with E-state index < -0.39 is 17.8 Å². The summed E-state index contributed by atoms with van der Waals surface area (Å²) < 4.78 is 29.6. The fraction of sp³-hybridized carbons (Fsp3) is 0.800. The third-order valence-corrected chi connectivity index (χ3v) is 5.04. The molecule has 1 aromatic rings. The van der Waals surface area contributed by atoms with E-state index in [1.807, 2.05) is 0 Å². The highest BCUT2D eigenvalue weighted by Crippen LogP contribution is 2.37. The normalized spacial score (nSPS) is 28.8. The Morgan fingerprint density at radius 2 is 1.87 bits per heavy atom. The molecule has 2 saturated heterocycles. The molecule has 0 spiro atoms. The van der Waals surface area contributed by atoms with Crippen molar-refractivity contribution in [2.75, 3.05) is 26.2 Å². The van der Waals surface area contributed by atoms with Gasteiger partial charge in [-0.05, 0) is 25.9 Å². The monoisotopic (exact) mass is 327 g/mol. The zero-order valence-corrected chi connectivity index (χ0v) is 13.5. The Morgan fingerprint density at radius 1 is 1.26 bits per heavy atom. The van der Waals surface area contributed by atoms with E-state index in [9.17, 15) is 13.6 Å². The fourth-order valence-corrected chi connectivity index (χ4v) is 3.51. The van der Waals surface area contributed by atoms with E-state index in [2.05, 4.69) is 15.6 Å². The summed E-state index contributed by atoms with van der Waals surface area (Å²) in [4.78, 5) is 14.3. The summed E-state index contributed by atoms with van der Waals surface area (Å²) in [6.07, 6.45) is 3.22. The van der Waals surface area contributed by atoms with Gasteiger partial charge in [0.2, 0.25) is 0 Å². The first-order valence-electron chi connectivity index (χ1n) is 8.19. The van der Waals surface area contributed by atoms with Crippen LogP contribution in [0.5, 0.6) is 0 Å². The Balaban J connectivity index is 1.78. The molecular formula is C15H23F2N5O. The van der Waals surface area contributed by atoms with Crippen LogP contribution in [0.4, 0.5) is 8.78 Å². The van der Waals surface area contributed by atoms with E-state index in [1.165, 1.54) is 24.9 Å². The van der Waals surface area contributed by atoms with Crippen molar-refractivity contribution in [3.63, 3.8) is 0 Å². The average molecular weight is 327 g/mol. The summed E-state index contributed by atoms with van der Waals surface area (Å²) in [5, 5.41) is 11.2. The standard InChI is InChI=1S/C15H23F2N5O/c1-10-8-21(9-11(2)15(10,16)17)14(23)13-7-19-20-22(13)12-3-5-18-6-4-12/h7,10-12,18H,3-6,8-9H2,1-2H3. The molecule has 3 heterocycles. The van der Waals surface area contributed by atoms with Crippen LogP contribution in [0, 0.1) is 11.8 Å². The van der Waals surface area contributed by atoms with E-state index in [4.69, 9.17) is 0 Å². The van der Waals surface area contributed by atoms with Crippen molar-refractivity contribution < 1.29 is 13.6 Å². The van der Waals surface area contributed by atoms with Crippen LogP contribution in [-0.2, 0) is 0 Å². The Bertz CT molecular complexity index is 556. The quantitative estimate of drug-likeness (QED) is 0.895. The molecule has 2 unspecified atom stereocenters. The summed E-state index contributed by atoms with van der Waals surface area (Å²) in [7, 11) is 0. The van der Waals surface area contributed by atoms with Gasteiger partial charge in [0.15, 0.2) is 0 Å². The lowest BCUT2D eigenvalue weighted by molar-refractivity contribution is -0.132. The first kappa shape index (κ1) is 16.3. The number of hydrogen-bond donors (Lipinski definition) is 1. The molecule has 0 aromatic carbocycles. The van der Waals surface area contributed by atoms with Gasteiger partial charge in [-0.1, -0.05) is 19.1 Å². The summed E-state index contributed by atoms with van der Waals surface area (Å²) >= 11 is 0. The predicted octanol–water partition coefficient (Wildman–Crippen LogP) is 1.57. The molecule has 2 atom stereocenters. The summed E-state index contributed by atoms with van der Waals surface area (Å²) in [6, 6.07) is 0.138. The number of aromatic nitrogens is 3. The van der Waals surface area contributed by atoms with Crippen molar-refractivity contribution in [2.45, 2.75) is 38.7 Å². The molecule has 2 aliphatic rings. The smallest absolute Gasteiger partial charge is 0.273 e. The molecule has 2 aliphatic heterocycles. The number of carbonyl (C=O) groups is 1. The minimum atomic E-state index is -2.73. The number of likely N-dealkylation sites (tertiary alicyclic amines) is 1. The maximum absolute atomic E-state index is 14.0. The van der Waals surface area contributed by atoms with Crippen LogP contribution < -0.4 is 5.32 Å². The number of hydrogen-bond acceptors (Lipinski definition) is 4. The van der Waals surface area contributed by atoms with Gasteiger partial charge in [-0.2, -0.15) is 0 Å². The van der Waals surface area contributed by atoms with Crippen LogP contribution in [0.15, 0.2) is 6.20 Å². The Labute approximate surface area is 134 Å². The third-order valence-electron chi connectivity index (χ3n) is 5.04. The SMILES string of the molecule is CC1CN(C(=O)c2cnnn2C2CCNCC2)CC(C)C1(F)F. The van der Waals surface area contributed by atoms with Gasteiger partial charge in [0.05, 0.1) is 12.2 Å². The summed E-state index contributed by atoms with van der Waals surface area (Å²) in [5.74, 6) is -4.68. The number of nitrogens with zero attached hydrogens (tertiary/aromatic N) is 4. The van der Waals surface area contributed by atoms with Gasteiger partial charge in [0, 0.05) is 24.9 Å². The number of halogens is 2. The molecular weight excluding hydrogens is 304 g/mol. The second kappa shape index (κ2) is 6.14.